The van der Waals surface area contributed by atoms with Crippen molar-refractivity contribution >= 4 is 68.4 Å². The summed E-state index contributed by atoms with van der Waals surface area (Å²) in [5.74, 6) is 0. The second-order valence-corrected chi connectivity index (χ2v) is 3.01. The quantitative estimate of drug-likeness (QED) is 0.547. The maximum absolute atomic E-state index is 10.4. The van der Waals surface area contributed by atoms with Gasteiger partial charge in [-0.3, -0.25) is 0 Å². The van der Waals surface area contributed by atoms with E-state index < -0.39 is 0 Å². The molecule has 0 radical (unpaired) electrons. The van der Waals surface area contributed by atoms with Crippen LogP contribution in [0.15, 0.2) is 42.5 Å². The van der Waals surface area contributed by atoms with Gasteiger partial charge >= 0.3 is 51.4 Å². The normalized spacial score (nSPS) is 9.43. The van der Waals surface area contributed by atoms with Gasteiger partial charge in [-0.05, 0) is 16.3 Å². The molecule has 0 N–H and O–H groups in total. The Balaban J connectivity index is 0.000000980. The molecule has 0 aliphatic rings. The molecule has 66 valence electrons. The van der Waals surface area contributed by atoms with Gasteiger partial charge in [-0.15, -0.1) is 0 Å². The molecule has 0 saturated carbocycles. The van der Waals surface area contributed by atoms with Crippen LogP contribution in [0.5, 0.6) is 0 Å². The van der Waals surface area contributed by atoms with Gasteiger partial charge in [-0.1, -0.05) is 42.5 Å². The Morgan fingerprint density at radius 3 is 2.50 bits per heavy atom. The fraction of sp³-hybridized carbons (Fsp3) is 0.0833. The third-order valence-corrected chi connectivity index (χ3v) is 2.18. The van der Waals surface area contributed by atoms with Crippen molar-refractivity contribution in [3.05, 3.63) is 48.0 Å². The minimum atomic E-state index is 0. The zero-order chi connectivity index (χ0) is 9.10. The number of benzene rings is 2. The van der Waals surface area contributed by atoms with Gasteiger partial charge in [0.05, 0.1) is 0 Å². The van der Waals surface area contributed by atoms with E-state index in [1.165, 1.54) is 10.8 Å². The molecule has 14 heavy (non-hydrogen) atoms. The van der Waals surface area contributed by atoms with Gasteiger partial charge in [-0.25, -0.2) is 0 Å². The summed E-state index contributed by atoms with van der Waals surface area (Å²) in [6.07, 6.45) is 1.45. The summed E-state index contributed by atoms with van der Waals surface area (Å²) in [6, 6.07) is 14.2. The van der Waals surface area contributed by atoms with E-state index in [0.717, 1.165) is 11.8 Å². The molecule has 2 aromatic carbocycles. The van der Waals surface area contributed by atoms with Crippen molar-refractivity contribution in [3.63, 3.8) is 0 Å². The van der Waals surface area contributed by atoms with Gasteiger partial charge in [0.25, 0.3) is 0 Å². The molecule has 2 rings (SSSR count). The molecule has 0 fully saturated rings. The number of hydrogen-bond donors (Lipinski definition) is 0. The van der Waals surface area contributed by atoms with Crippen molar-refractivity contribution in [3.8, 4) is 0 Å². The number of hydrogen-bond acceptors (Lipinski definition) is 1. The Kier molecular flexibility index (Phi) is 4.99. The van der Waals surface area contributed by atoms with Crippen LogP contribution in [0.1, 0.15) is 5.56 Å². The van der Waals surface area contributed by atoms with Crippen LogP contribution in [0.2, 0.25) is 0 Å². The van der Waals surface area contributed by atoms with Crippen molar-refractivity contribution in [1.82, 2.24) is 0 Å². The Morgan fingerprint density at radius 1 is 1.00 bits per heavy atom. The molecule has 0 saturated heterocycles. The van der Waals surface area contributed by atoms with Crippen molar-refractivity contribution in [2.24, 2.45) is 0 Å². The number of carbonyl (C=O) groups excluding carboxylic acids is 1. The van der Waals surface area contributed by atoms with Crippen LogP contribution >= 0.6 is 0 Å². The van der Waals surface area contributed by atoms with E-state index in [-0.39, 0.29) is 51.4 Å². The van der Waals surface area contributed by atoms with Crippen LogP contribution in [0, 0.1) is 0 Å². The standard InChI is InChI=1S/C12H10O.K.H/c13-9-8-11-6-3-5-10-4-1-2-7-12(10)11;;/h1-7,9H,8H2;;. The average molecular weight is 210 g/mol. The second kappa shape index (κ2) is 5.78. The maximum atomic E-state index is 10.4. The molecule has 2 aromatic rings. The van der Waals surface area contributed by atoms with Crippen LogP contribution in [-0.4, -0.2) is 57.7 Å². The molecule has 0 bridgehead atoms. The summed E-state index contributed by atoms with van der Waals surface area (Å²) in [7, 11) is 0. The number of aldehydes is 1. The molecule has 0 aliphatic carbocycles. The van der Waals surface area contributed by atoms with Crippen LogP contribution in [0.4, 0.5) is 0 Å². The van der Waals surface area contributed by atoms with E-state index in [4.69, 9.17) is 0 Å². The third-order valence-electron chi connectivity index (χ3n) is 2.18. The molecule has 0 aromatic heterocycles. The Morgan fingerprint density at radius 2 is 1.71 bits per heavy atom. The third kappa shape index (κ3) is 2.52. The van der Waals surface area contributed by atoms with Gasteiger partial charge in [0.1, 0.15) is 6.29 Å². The first-order valence-electron chi connectivity index (χ1n) is 4.32. The van der Waals surface area contributed by atoms with Crippen molar-refractivity contribution in [2.45, 2.75) is 6.42 Å². The molecular formula is C12H11KO. The Bertz CT molecular complexity index is 432. The molecule has 1 nitrogen and oxygen atoms in total. The first-order valence-corrected chi connectivity index (χ1v) is 4.32. The van der Waals surface area contributed by atoms with Gasteiger partial charge in [0.15, 0.2) is 0 Å². The average Bonchev–Trinajstić information content (AvgIpc) is 2.19. The van der Waals surface area contributed by atoms with Crippen LogP contribution in [0.25, 0.3) is 10.8 Å². The first-order chi connectivity index (χ1) is 6.42. The molecule has 0 spiro atoms. The van der Waals surface area contributed by atoms with Crippen molar-refractivity contribution < 1.29 is 4.79 Å². The fourth-order valence-corrected chi connectivity index (χ4v) is 1.56. The predicted molar refractivity (Wildman–Crippen MR) is 60.9 cm³/mol. The van der Waals surface area contributed by atoms with Gasteiger partial charge in [0.2, 0.25) is 0 Å². The zero-order valence-corrected chi connectivity index (χ0v) is 7.23. The number of carbonyl (C=O) groups is 1. The number of fused-ring (bicyclic) bond motifs is 1. The summed E-state index contributed by atoms with van der Waals surface area (Å²) >= 11 is 0. The molecule has 0 heterocycles. The first kappa shape index (κ1) is 12.1. The van der Waals surface area contributed by atoms with Crippen molar-refractivity contribution in [2.75, 3.05) is 0 Å². The topological polar surface area (TPSA) is 17.1 Å². The number of rotatable bonds is 2. The van der Waals surface area contributed by atoms with Gasteiger partial charge in [-0.2, -0.15) is 0 Å². The minimum absolute atomic E-state index is 0. The van der Waals surface area contributed by atoms with E-state index in [1.54, 1.807) is 0 Å². The van der Waals surface area contributed by atoms with Crippen LogP contribution in [0.3, 0.4) is 0 Å². The molecule has 0 atom stereocenters. The van der Waals surface area contributed by atoms with E-state index in [0.29, 0.717) is 6.42 Å². The van der Waals surface area contributed by atoms with Gasteiger partial charge in [0, 0.05) is 6.42 Å². The molecule has 0 amide bonds. The van der Waals surface area contributed by atoms with E-state index in [2.05, 4.69) is 12.1 Å². The fourth-order valence-electron chi connectivity index (χ4n) is 1.56. The SMILES string of the molecule is O=CCc1cccc2ccccc12.[KH]. The molecular weight excluding hydrogens is 199 g/mol. The molecule has 0 aliphatic heterocycles. The monoisotopic (exact) mass is 210 g/mol. The summed E-state index contributed by atoms with van der Waals surface area (Å²) in [4.78, 5) is 10.4. The van der Waals surface area contributed by atoms with Crippen molar-refractivity contribution in [1.29, 1.82) is 0 Å². The molecule has 0 unspecified atom stereocenters. The Hall–Kier alpha value is 0.00636. The molecule has 2 heteroatoms. The summed E-state index contributed by atoms with van der Waals surface area (Å²) in [6.45, 7) is 0. The van der Waals surface area contributed by atoms with Crippen LogP contribution in [-0.2, 0) is 11.2 Å². The summed E-state index contributed by atoms with van der Waals surface area (Å²) in [5, 5.41) is 2.37. The van der Waals surface area contributed by atoms with Crippen LogP contribution < -0.4 is 0 Å². The van der Waals surface area contributed by atoms with E-state index >= 15 is 0 Å². The van der Waals surface area contributed by atoms with Gasteiger partial charge < -0.3 is 4.79 Å². The summed E-state index contributed by atoms with van der Waals surface area (Å²) < 4.78 is 0. The second-order valence-electron chi connectivity index (χ2n) is 3.01. The Labute approximate surface area is 126 Å². The van der Waals surface area contributed by atoms with E-state index in [9.17, 15) is 4.79 Å². The summed E-state index contributed by atoms with van der Waals surface area (Å²) in [5.41, 5.74) is 1.10. The van der Waals surface area contributed by atoms with E-state index in [1.807, 2.05) is 30.3 Å². The predicted octanol–water partition coefficient (Wildman–Crippen LogP) is 1.93. The zero-order valence-electron chi connectivity index (χ0n) is 7.23.